The topological polar surface area (TPSA) is 89.5 Å². The van der Waals surface area contributed by atoms with E-state index in [2.05, 4.69) is 5.48 Å². The number of amides is 1. The summed E-state index contributed by atoms with van der Waals surface area (Å²) in [6.07, 6.45) is 0.174. The van der Waals surface area contributed by atoms with E-state index < -0.39 is 37.4 Å². The minimum absolute atomic E-state index is 0.142. The molecule has 2 aromatic carbocycles. The number of rotatable bonds is 10. The van der Waals surface area contributed by atoms with E-state index in [0.717, 1.165) is 11.1 Å². The van der Waals surface area contributed by atoms with Crippen LogP contribution in [0.5, 0.6) is 0 Å². The van der Waals surface area contributed by atoms with Gasteiger partial charge >= 0.3 is 0 Å². The molecule has 0 saturated carbocycles. The molecule has 0 aliphatic heterocycles. The molecule has 0 aliphatic rings. The van der Waals surface area contributed by atoms with Gasteiger partial charge in [-0.25, -0.2) is 13.9 Å². The number of sulfone groups is 1. The van der Waals surface area contributed by atoms with Crippen LogP contribution in [0.15, 0.2) is 60.7 Å². The fourth-order valence-corrected chi connectivity index (χ4v) is 4.38. The fraction of sp³-hybridized carbons (Fsp3) is 0.333. The molecule has 6 nitrogen and oxygen atoms in total. The molecule has 1 N–H and O–H groups in total. The van der Waals surface area contributed by atoms with Crippen molar-refractivity contribution in [1.29, 1.82) is 0 Å². The smallest absolute Gasteiger partial charge is 0.248 e. The molecule has 0 saturated heterocycles. The van der Waals surface area contributed by atoms with Gasteiger partial charge < -0.3 is 0 Å². The summed E-state index contributed by atoms with van der Waals surface area (Å²) < 4.78 is 23.7. The Morgan fingerprint density at radius 1 is 1.00 bits per heavy atom. The molecule has 1 unspecified atom stereocenters. The number of carbonyl (C=O) groups is 2. The highest BCUT2D eigenvalue weighted by Gasteiger charge is 2.43. The van der Waals surface area contributed by atoms with Gasteiger partial charge in [-0.1, -0.05) is 60.7 Å². The van der Waals surface area contributed by atoms with Crippen molar-refractivity contribution >= 4 is 32.6 Å². The first kappa shape index (κ1) is 23.1. The lowest BCUT2D eigenvalue weighted by Gasteiger charge is -2.24. The second-order valence-corrected chi connectivity index (χ2v) is 10.1. The van der Waals surface area contributed by atoms with E-state index in [4.69, 9.17) is 16.4 Å². The lowest BCUT2D eigenvalue weighted by molar-refractivity contribution is -0.138. The highest BCUT2D eigenvalue weighted by Crippen LogP contribution is 2.24. The van der Waals surface area contributed by atoms with Gasteiger partial charge in [0, 0.05) is 0 Å². The van der Waals surface area contributed by atoms with Crippen molar-refractivity contribution in [2.24, 2.45) is 5.92 Å². The van der Waals surface area contributed by atoms with Crippen molar-refractivity contribution in [2.75, 3.05) is 5.75 Å². The molecule has 0 fully saturated rings. The first-order valence-electron chi connectivity index (χ1n) is 9.05. The predicted octanol–water partition coefficient (Wildman–Crippen LogP) is 3.05. The third-order valence-corrected chi connectivity index (χ3v) is 7.79. The lowest BCUT2D eigenvalue weighted by atomic mass is 10.0. The molecule has 0 aliphatic carbocycles. The summed E-state index contributed by atoms with van der Waals surface area (Å²) in [6, 6.07) is 18.3. The zero-order valence-electron chi connectivity index (χ0n) is 16.3. The Bertz CT molecular complexity index is 930. The Morgan fingerprint density at radius 2 is 1.52 bits per heavy atom. The largest absolute Gasteiger partial charge is 0.280 e. The van der Waals surface area contributed by atoms with E-state index in [0.29, 0.717) is 0 Å². The average molecular weight is 438 g/mol. The Labute approximate surface area is 176 Å². The number of benzene rings is 2. The van der Waals surface area contributed by atoms with Crippen LogP contribution in [-0.4, -0.2) is 30.1 Å². The van der Waals surface area contributed by atoms with E-state index in [-0.39, 0.29) is 13.0 Å². The fourth-order valence-electron chi connectivity index (χ4n) is 2.57. The molecule has 0 heterocycles. The predicted molar refractivity (Wildman–Crippen MR) is 112 cm³/mol. The van der Waals surface area contributed by atoms with E-state index in [1.165, 1.54) is 13.8 Å². The maximum Gasteiger partial charge on any atom is 0.248 e. The summed E-state index contributed by atoms with van der Waals surface area (Å²) in [6.45, 7) is 2.62. The van der Waals surface area contributed by atoms with Crippen LogP contribution in [0.4, 0.5) is 0 Å². The Kier molecular flexibility index (Phi) is 7.96. The van der Waals surface area contributed by atoms with Gasteiger partial charge in [0.2, 0.25) is 11.1 Å². The van der Waals surface area contributed by atoms with Crippen LogP contribution in [0.3, 0.4) is 0 Å². The van der Waals surface area contributed by atoms with E-state index in [1.54, 1.807) is 24.3 Å². The van der Waals surface area contributed by atoms with Crippen LogP contribution in [0.25, 0.3) is 0 Å². The maximum atomic E-state index is 12.8. The van der Waals surface area contributed by atoms with Gasteiger partial charge in [0.15, 0.2) is 9.84 Å². The Balaban J connectivity index is 2.13. The van der Waals surface area contributed by atoms with Gasteiger partial charge in [0.1, 0.15) is 4.75 Å². The molecule has 2 aromatic rings. The molecule has 2 rings (SSSR count). The van der Waals surface area contributed by atoms with Crippen LogP contribution in [0, 0.1) is 5.92 Å². The number of hydrogen-bond donors (Lipinski definition) is 1. The molecule has 0 bridgehead atoms. The SMILES string of the molecule is CC(C)(C(=O)Cl)S(=O)(=O)CC(Cc1ccccc1)C(=O)NOCc1ccccc1. The lowest BCUT2D eigenvalue weighted by Crippen LogP contribution is -2.44. The third kappa shape index (κ3) is 6.39. The first-order valence-corrected chi connectivity index (χ1v) is 11.1. The number of hydroxylamine groups is 1. The molecule has 0 aromatic heterocycles. The molecule has 1 amide bonds. The number of hydrogen-bond acceptors (Lipinski definition) is 5. The van der Waals surface area contributed by atoms with Gasteiger partial charge in [0.05, 0.1) is 18.3 Å². The van der Waals surface area contributed by atoms with Gasteiger partial charge in [-0.3, -0.25) is 14.4 Å². The second-order valence-electron chi connectivity index (χ2n) is 7.19. The summed E-state index contributed by atoms with van der Waals surface area (Å²) in [4.78, 5) is 29.6. The normalized spacial score (nSPS) is 12.9. The standard InChI is InChI=1S/C21H24ClNO5S/c1-21(2,20(22)25)29(26,27)15-18(13-16-9-5-3-6-10-16)19(24)23-28-14-17-11-7-4-8-12-17/h3-12,18H,13-15H2,1-2H3,(H,23,24). The number of halogens is 1. The van der Waals surface area contributed by atoms with E-state index in [1.807, 2.05) is 36.4 Å². The van der Waals surface area contributed by atoms with E-state index >= 15 is 0 Å². The zero-order valence-corrected chi connectivity index (χ0v) is 17.9. The van der Waals surface area contributed by atoms with Crippen LogP contribution in [-0.2, 0) is 37.3 Å². The molecule has 1 atom stereocenters. The Morgan fingerprint density at radius 3 is 2.03 bits per heavy atom. The molecule has 156 valence electrons. The number of nitrogens with one attached hydrogen (secondary N) is 1. The minimum atomic E-state index is -4.00. The summed E-state index contributed by atoms with van der Waals surface area (Å²) in [7, 11) is -4.00. The van der Waals surface area contributed by atoms with Crippen molar-refractivity contribution in [3.63, 3.8) is 0 Å². The molecule has 29 heavy (non-hydrogen) atoms. The van der Waals surface area contributed by atoms with Crippen molar-refractivity contribution in [3.8, 4) is 0 Å². The summed E-state index contributed by atoms with van der Waals surface area (Å²) in [5.41, 5.74) is 3.98. The molecular formula is C21H24ClNO5S. The van der Waals surface area contributed by atoms with Gasteiger partial charge in [-0.2, -0.15) is 0 Å². The first-order chi connectivity index (χ1) is 13.6. The van der Waals surface area contributed by atoms with Crippen molar-refractivity contribution in [2.45, 2.75) is 31.6 Å². The second kappa shape index (κ2) is 10.0. The molecular weight excluding hydrogens is 414 g/mol. The Hall–Kier alpha value is -2.22. The minimum Gasteiger partial charge on any atom is -0.280 e. The highest BCUT2D eigenvalue weighted by atomic mass is 35.5. The summed E-state index contributed by atoms with van der Waals surface area (Å²) >= 11 is 5.49. The van der Waals surface area contributed by atoms with Gasteiger partial charge in [-0.15, -0.1) is 0 Å². The van der Waals surface area contributed by atoms with Crippen molar-refractivity contribution in [1.82, 2.24) is 5.48 Å². The summed E-state index contributed by atoms with van der Waals surface area (Å²) in [5, 5.41) is -0.989. The molecule has 0 spiro atoms. The van der Waals surface area contributed by atoms with Gasteiger partial charge in [-0.05, 0) is 43.0 Å². The average Bonchev–Trinajstić information content (AvgIpc) is 2.68. The monoisotopic (exact) mass is 437 g/mol. The molecule has 8 heteroatoms. The number of carbonyl (C=O) groups excluding carboxylic acids is 2. The quantitative estimate of drug-likeness (QED) is 0.455. The van der Waals surface area contributed by atoms with Crippen LogP contribution >= 0.6 is 11.6 Å². The molecule has 0 radical (unpaired) electrons. The summed E-state index contributed by atoms with van der Waals surface area (Å²) in [5.74, 6) is -2.06. The van der Waals surface area contributed by atoms with E-state index in [9.17, 15) is 18.0 Å². The van der Waals surface area contributed by atoms with Crippen molar-refractivity contribution < 1.29 is 22.8 Å². The van der Waals surface area contributed by atoms with Crippen molar-refractivity contribution in [3.05, 3.63) is 71.8 Å². The van der Waals surface area contributed by atoms with Crippen LogP contribution in [0.2, 0.25) is 0 Å². The third-order valence-electron chi connectivity index (χ3n) is 4.62. The van der Waals surface area contributed by atoms with Crippen LogP contribution in [0.1, 0.15) is 25.0 Å². The van der Waals surface area contributed by atoms with Crippen LogP contribution < -0.4 is 5.48 Å². The highest BCUT2D eigenvalue weighted by molar-refractivity contribution is 7.93. The zero-order chi connectivity index (χ0) is 21.5. The maximum absolute atomic E-state index is 12.8. The van der Waals surface area contributed by atoms with Gasteiger partial charge in [0.25, 0.3) is 0 Å².